The third-order valence-corrected chi connectivity index (χ3v) is 7.81. The number of hydrogen-bond acceptors (Lipinski definition) is 5. The summed E-state index contributed by atoms with van der Waals surface area (Å²) in [5, 5.41) is 0. The maximum atomic E-state index is 14.5. The van der Waals surface area contributed by atoms with Crippen LogP contribution in [0, 0.1) is 23.6 Å². The summed E-state index contributed by atoms with van der Waals surface area (Å²) in [6, 6.07) is 4.92. The van der Waals surface area contributed by atoms with E-state index in [-0.39, 0.29) is 18.1 Å². The molecule has 1 saturated carbocycles. The van der Waals surface area contributed by atoms with Crippen molar-refractivity contribution in [1.82, 2.24) is 14.9 Å². The Morgan fingerprint density at radius 3 is 2.53 bits per heavy atom. The van der Waals surface area contributed by atoms with Crippen LogP contribution in [0.4, 0.5) is 10.3 Å². The van der Waals surface area contributed by atoms with E-state index in [4.69, 9.17) is 4.74 Å². The first-order valence-electron chi connectivity index (χ1n) is 12.9. The minimum absolute atomic E-state index is 0.0758. The smallest absolute Gasteiger partial charge is 0.226 e. The summed E-state index contributed by atoms with van der Waals surface area (Å²) in [7, 11) is 0. The topological polar surface area (TPSA) is 58.6 Å². The summed E-state index contributed by atoms with van der Waals surface area (Å²) < 4.78 is 20.2. The molecule has 1 aromatic heterocycles. The van der Waals surface area contributed by atoms with Crippen LogP contribution in [0.5, 0.6) is 5.75 Å². The van der Waals surface area contributed by atoms with Gasteiger partial charge in [-0.05, 0) is 79.5 Å². The molecule has 1 aromatic carbocycles. The lowest BCUT2D eigenvalue weighted by Gasteiger charge is -2.32. The third-order valence-electron chi connectivity index (χ3n) is 7.81. The van der Waals surface area contributed by atoms with E-state index in [0.717, 1.165) is 63.2 Å². The van der Waals surface area contributed by atoms with E-state index in [1.807, 2.05) is 23.4 Å². The van der Waals surface area contributed by atoms with Gasteiger partial charge in [-0.3, -0.25) is 4.79 Å². The molecule has 2 unspecified atom stereocenters. The van der Waals surface area contributed by atoms with Crippen molar-refractivity contribution in [1.29, 1.82) is 0 Å². The summed E-state index contributed by atoms with van der Waals surface area (Å²) in [4.78, 5) is 25.3. The number of aromatic nitrogens is 2. The Hall–Kier alpha value is -2.70. The lowest BCUT2D eigenvalue weighted by molar-refractivity contribution is -0.133. The van der Waals surface area contributed by atoms with Crippen molar-refractivity contribution in [3.8, 4) is 5.75 Å². The molecule has 2 atom stereocenters. The summed E-state index contributed by atoms with van der Waals surface area (Å²) >= 11 is 0. The van der Waals surface area contributed by atoms with E-state index < -0.39 is 0 Å². The second kappa shape index (κ2) is 10.3. The number of ether oxygens (including phenoxy) is 1. The van der Waals surface area contributed by atoms with Crippen LogP contribution in [0.1, 0.15) is 50.2 Å². The van der Waals surface area contributed by atoms with Gasteiger partial charge in [0.05, 0.1) is 13.0 Å². The summed E-state index contributed by atoms with van der Waals surface area (Å²) in [5.74, 6) is 3.07. The standard InChI is InChI=1S/C27H35FN4O2/c1-2-19-17-29-27(30-18-19)32-11-6-21(7-12-32)23-16-22(23)8-13-34-25-5-4-20(14-24(25)28)15-26(33)31-9-3-10-31/h4-5,14,17-18,21-23H,2-3,6-13,15-16H2,1H3. The van der Waals surface area contributed by atoms with E-state index in [0.29, 0.717) is 23.8 Å². The van der Waals surface area contributed by atoms with Gasteiger partial charge in [0.1, 0.15) is 0 Å². The highest BCUT2D eigenvalue weighted by Gasteiger charge is 2.43. The van der Waals surface area contributed by atoms with E-state index in [9.17, 15) is 9.18 Å². The molecule has 2 aliphatic heterocycles. The van der Waals surface area contributed by atoms with Gasteiger partial charge in [0.2, 0.25) is 11.9 Å². The van der Waals surface area contributed by atoms with Gasteiger partial charge in [-0.25, -0.2) is 14.4 Å². The zero-order valence-corrected chi connectivity index (χ0v) is 20.1. The molecule has 2 aromatic rings. The predicted octanol–water partition coefficient (Wildman–Crippen LogP) is 4.27. The van der Waals surface area contributed by atoms with Crippen LogP contribution in [0.2, 0.25) is 0 Å². The number of aryl methyl sites for hydroxylation is 1. The van der Waals surface area contributed by atoms with E-state index >= 15 is 0 Å². The lowest BCUT2D eigenvalue weighted by atomic mass is 9.90. The number of benzene rings is 1. The molecule has 3 heterocycles. The zero-order valence-electron chi connectivity index (χ0n) is 20.1. The maximum absolute atomic E-state index is 14.5. The number of carbonyl (C=O) groups is 1. The second-order valence-corrected chi connectivity index (χ2v) is 10.0. The molecule has 6 nitrogen and oxygen atoms in total. The van der Waals surface area contributed by atoms with Crippen molar-refractivity contribution >= 4 is 11.9 Å². The van der Waals surface area contributed by atoms with Gasteiger partial charge in [0, 0.05) is 38.6 Å². The number of rotatable bonds is 9. The van der Waals surface area contributed by atoms with Gasteiger partial charge in [0.25, 0.3) is 0 Å². The molecule has 0 radical (unpaired) electrons. The molecule has 34 heavy (non-hydrogen) atoms. The van der Waals surface area contributed by atoms with Gasteiger partial charge in [-0.1, -0.05) is 13.0 Å². The van der Waals surface area contributed by atoms with Crippen molar-refractivity contribution in [2.24, 2.45) is 17.8 Å². The van der Waals surface area contributed by atoms with Crippen molar-refractivity contribution in [2.45, 2.75) is 51.9 Å². The SMILES string of the molecule is CCc1cnc(N2CCC(C3CC3CCOc3ccc(CC(=O)N4CCC4)cc3F)CC2)nc1. The third kappa shape index (κ3) is 5.34. The van der Waals surface area contributed by atoms with Crippen molar-refractivity contribution in [2.75, 3.05) is 37.7 Å². The predicted molar refractivity (Wildman–Crippen MR) is 129 cm³/mol. The Morgan fingerprint density at radius 2 is 1.88 bits per heavy atom. The Bertz CT molecular complexity index is 987. The largest absolute Gasteiger partial charge is 0.491 e. The van der Waals surface area contributed by atoms with Crippen LogP contribution in [-0.4, -0.2) is 53.6 Å². The Morgan fingerprint density at radius 1 is 1.12 bits per heavy atom. The van der Waals surface area contributed by atoms with Crippen molar-refractivity contribution < 1.29 is 13.9 Å². The van der Waals surface area contributed by atoms with Gasteiger partial charge in [0.15, 0.2) is 11.6 Å². The zero-order chi connectivity index (χ0) is 23.5. The van der Waals surface area contributed by atoms with Gasteiger partial charge in [-0.15, -0.1) is 0 Å². The van der Waals surface area contributed by atoms with Crippen LogP contribution < -0.4 is 9.64 Å². The van der Waals surface area contributed by atoms with E-state index in [1.165, 1.54) is 30.9 Å². The highest BCUT2D eigenvalue weighted by molar-refractivity contribution is 5.79. The second-order valence-electron chi connectivity index (χ2n) is 10.0. The minimum atomic E-state index is -0.372. The van der Waals surface area contributed by atoms with Gasteiger partial charge in [-0.2, -0.15) is 0 Å². The number of hydrogen-bond donors (Lipinski definition) is 0. The Balaban J connectivity index is 1.02. The Labute approximate surface area is 201 Å². The van der Waals surface area contributed by atoms with E-state index in [2.05, 4.69) is 21.8 Å². The molecule has 7 heteroatoms. The molecule has 3 aliphatic rings. The normalized spacial score (nSPS) is 22.4. The molecular formula is C27H35FN4O2. The van der Waals surface area contributed by atoms with Crippen LogP contribution in [-0.2, 0) is 17.6 Å². The molecule has 1 aliphatic carbocycles. The number of amides is 1. The van der Waals surface area contributed by atoms with Crippen LogP contribution in [0.3, 0.4) is 0 Å². The average molecular weight is 467 g/mol. The lowest BCUT2D eigenvalue weighted by Crippen LogP contribution is -2.42. The molecule has 0 spiro atoms. The number of piperidine rings is 1. The molecule has 0 bridgehead atoms. The van der Waals surface area contributed by atoms with Crippen molar-refractivity contribution in [3.63, 3.8) is 0 Å². The highest BCUT2D eigenvalue weighted by atomic mass is 19.1. The number of nitrogens with zero attached hydrogens (tertiary/aromatic N) is 4. The van der Waals surface area contributed by atoms with E-state index in [1.54, 1.807) is 6.07 Å². The van der Waals surface area contributed by atoms with Gasteiger partial charge < -0.3 is 14.5 Å². The monoisotopic (exact) mass is 466 g/mol. The fourth-order valence-corrected chi connectivity index (χ4v) is 5.35. The summed E-state index contributed by atoms with van der Waals surface area (Å²) in [5.41, 5.74) is 1.89. The first kappa shape index (κ1) is 23.1. The Kier molecular flexibility index (Phi) is 6.97. The number of anilines is 1. The first-order chi connectivity index (χ1) is 16.6. The maximum Gasteiger partial charge on any atom is 0.226 e. The highest BCUT2D eigenvalue weighted by Crippen LogP contribution is 2.49. The molecule has 3 fully saturated rings. The number of carbonyl (C=O) groups excluding carboxylic acids is 1. The number of halogens is 1. The molecule has 2 saturated heterocycles. The molecule has 182 valence electrons. The quantitative estimate of drug-likeness (QED) is 0.552. The van der Waals surface area contributed by atoms with Crippen LogP contribution in [0.25, 0.3) is 0 Å². The van der Waals surface area contributed by atoms with Crippen LogP contribution >= 0.6 is 0 Å². The van der Waals surface area contributed by atoms with Crippen LogP contribution in [0.15, 0.2) is 30.6 Å². The molecule has 0 N–H and O–H groups in total. The van der Waals surface area contributed by atoms with Crippen molar-refractivity contribution in [3.05, 3.63) is 47.5 Å². The molecular weight excluding hydrogens is 431 g/mol. The number of likely N-dealkylation sites (tertiary alicyclic amines) is 1. The minimum Gasteiger partial charge on any atom is -0.491 e. The molecule has 5 rings (SSSR count). The summed E-state index contributed by atoms with van der Waals surface area (Å²) in [6.07, 6.45) is 10.8. The summed E-state index contributed by atoms with van der Waals surface area (Å²) in [6.45, 7) is 6.35. The molecule has 1 amide bonds. The van der Waals surface area contributed by atoms with Gasteiger partial charge >= 0.3 is 0 Å². The first-order valence-corrected chi connectivity index (χ1v) is 12.9. The fourth-order valence-electron chi connectivity index (χ4n) is 5.35. The average Bonchev–Trinajstić information content (AvgIpc) is 3.59. The fraction of sp³-hybridized carbons (Fsp3) is 0.593.